The molecule has 0 atom stereocenters. The molecule has 0 aliphatic carbocycles. The second kappa shape index (κ2) is 7.98. The van der Waals surface area contributed by atoms with Gasteiger partial charge in [-0.1, -0.05) is 19.1 Å². The zero-order chi connectivity index (χ0) is 17.6. The number of likely N-dealkylation sites (N-methyl/N-ethyl adjacent to an activating group) is 1. The standard InChI is InChI=1S/C19H24N4O2/c1-3-22-10-12-23(13-11-22)18-9-8-15(14-20-18)21-19(24)16-6-4-5-7-17(16)25-2/h4-9,14H,3,10-13H2,1-2H3,(H,21,24). The highest BCUT2D eigenvalue weighted by molar-refractivity contribution is 6.06. The third kappa shape index (κ3) is 4.09. The second-order valence-electron chi connectivity index (χ2n) is 5.98. The predicted octanol–water partition coefficient (Wildman–Crippen LogP) is 2.48. The van der Waals surface area contributed by atoms with Gasteiger partial charge in [0.25, 0.3) is 5.91 Å². The molecular formula is C19H24N4O2. The van der Waals surface area contributed by atoms with Crippen LogP contribution < -0.4 is 15.0 Å². The molecule has 1 aromatic carbocycles. The first kappa shape index (κ1) is 17.2. The summed E-state index contributed by atoms with van der Waals surface area (Å²) in [6, 6.07) is 11.0. The number of pyridine rings is 1. The van der Waals surface area contributed by atoms with Crippen molar-refractivity contribution in [3.8, 4) is 5.75 Å². The number of methoxy groups -OCH3 is 1. The average molecular weight is 340 g/mol. The highest BCUT2D eigenvalue weighted by Crippen LogP contribution is 2.20. The third-order valence-electron chi connectivity index (χ3n) is 4.50. The van der Waals surface area contributed by atoms with Crippen LogP contribution in [0.2, 0.25) is 0 Å². The number of ether oxygens (including phenoxy) is 1. The molecule has 6 heteroatoms. The van der Waals surface area contributed by atoms with Gasteiger partial charge in [0.1, 0.15) is 11.6 Å². The van der Waals surface area contributed by atoms with E-state index in [2.05, 4.69) is 27.0 Å². The number of piperazine rings is 1. The number of nitrogens with one attached hydrogen (secondary N) is 1. The van der Waals surface area contributed by atoms with E-state index >= 15 is 0 Å². The van der Waals surface area contributed by atoms with Crippen LogP contribution in [0.1, 0.15) is 17.3 Å². The van der Waals surface area contributed by atoms with Crippen molar-refractivity contribution in [3.05, 3.63) is 48.2 Å². The monoisotopic (exact) mass is 340 g/mol. The van der Waals surface area contributed by atoms with Crippen LogP contribution in [0.4, 0.5) is 11.5 Å². The largest absolute Gasteiger partial charge is 0.496 e. The van der Waals surface area contributed by atoms with Crippen molar-refractivity contribution in [2.45, 2.75) is 6.92 Å². The van der Waals surface area contributed by atoms with Crippen molar-refractivity contribution in [2.24, 2.45) is 0 Å². The van der Waals surface area contributed by atoms with E-state index in [1.54, 1.807) is 25.4 Å². The molecule has 2 aromatic rings. The Kier molecular flexibility index (Phi) is 5.50. The lowest BCUT2D eigenvalue weighted by Crippen LogP contribution is -2.46. The number of rotatable bonds is 5. The Balaban J connectivity index is 1.64. The van der Waals surface area contributed by atoms with E-state index in [4.69, 9.17) is 4.74 Å². The van der Waals surface area contributed by atoms with Crippen LogP contribution >= 0.6 is 0 Å². The van der Waals surface area contributed by atoms with Gasteiger partial charge in [0.15, 0.2) is 0 Å². The van der Waals surface area contributed by atoms with Crippen molar-refractivity contribution in [3.63, 3.8) is 0 Å². The van der Waals surface area contributed by atoms with E-state index in [-0.39, 0.29) is 5.91 Å². The number of hydrogen-bond acceptors (Lipinski definition) is 5. The molecule has 0 radical (unpaired) electrons. The van der Waals surface area contributed by atoms with Gasteiger partial charge in [-0.3, -0.25) is 4.79 Å². The summed E-state index contributed by atoms with van der Waals surface area (Å²) in [5.74, 6) is 1.30. The number of aromatic nitrogens is 1. The summed E-state index contributed by atoms with van der Waals surface area (Å²) in [5, 5.41) is 2.87. The van der Waals surface area contributed by atoms with Crippen LogP contribution in [0.25, 0.3) is 0 Å². The summed E-state index contributed by atoms with van der Waals surface area (Å²) in [7, 11) is 1.56. The number of carbonyl (C=O) groups is 1. The Morgan fingerprint density at radius 2 is 1.92 bits per heavy atom. The van der Waals surface area contributed by atoms with Gasteiger partial charge in [0.05, 0.1) is 24.6 Å². The van der Waals surface area contributed by atoms with Gasteiger partial charge in [0.2, 0.25) is 0 Å². The maximum Gasteiger partial charge on any atom is 0.259 e. The maximum absolute atomic E-state index is 12.4. The van der Waals surface area contributed by atoms with Gasteiger partial charge < -0.3 is 19.9 Å². The van der Waals surface area contributed by atoms with Crippen molar-refractivity contribution in [1.29, 1.82) is 0 Å². The average Bonchev–Trinajstić information content (AvgIpc) is 2.68. The van der Waals surface area contributed by atoms with Gasteiger partial charge in [-0.2, -0.15) is 0 Å². The molecule has 1 amide bonds. The molecule has 1 saturated heterocycles. The zero-order valence-electron chi connectivity index (χ0n) is 14.7. The Morgan fingerprint density at radius 3 is 2.56 bits per heavy atom. The van der Waals surface area contributed by atoms with Crippen molar-refractivity contribution in [1.82, 2.24) is 9.88 Å². The van der Waals surface area contributed by atoms with E-state index < -0.39 is 0 Å². The van der Waals surface area contributed by atoms with Crippen molar-refractivity contribution in [2.75, 3.05) is 50.1 Å². The number of anilines is 2. The Hall–Kier alpha value is -2.60. The quantitative estimate of drug-likeness (QED) is 0.906. The summed E-state index contributed by atoms with van der Waals surface area (Å²) < 4.78 is 5.23. The molecule has 0 saturated carbocycles. The van der Waals surface area contributed by atoms with E-state index in [1.165, 1.54) is 0 Å². The van der Waals surface area contributed by atoms with Crippen LogP contribution in [0.3, 0.4) is 0 Å². The molecule has 25 heavy (non-hydrogen) atoms. The minimum absolute atomic E-state index is 0.205. The normalized spacial score (nSPS) is 15.0. The van der Waals surface area contributed by atoms with Crippen LogP contribution in [-0.2, 0) is 0 Å². The number of nitrogens with zero attached hydrogens (tertiary/aromatic N) is 3. The lowest BCUT2D eigenvalue weighted by Gasteiger charge is -2.34. The molecular weight excluding hydrogens is 316 g/mol. The van der Waals surface area contributed by atoms with Crippen LogP contribution in [0.15, 0.2) is 42.6 Å². The van der Waals surface area contributed by atoms with Crippen LogP contribution in [0.5, 0.6) is 5.75 Å². The molecule has 1 aliphatic rings. The predicted molar refractivity (Wildman–Crippen MR) is 99.5 cm³/mol. The van der Waals surface area contributed by atoms with Gasteiger partial charge in [-0.25, -0.2) is 4.98 Å². The van der Waals surface area contributed by atoms with Gasteiger partial charge in [-0.05, 0) is 30.8 Å². The molecule has 132 valence electrons. The molecule has 3 rings (SSSR count). The highest BCUT2D eigenvalue weighted by Gasteiger charge is 2.17. The smallest absolute Gasteiger partial charge is 0.259 e. The fourth-order valence-corrected chi connectivity index (χ4v) is 2.97. The molecule has 0 spiro atoms. The molecule has 1 N–H and O–H groups in total. The van der Waals surface area contributed by atoms with Crippen LogP contribution in [-0.4, -0.2) is 55.6 Å². The summed E-state index contributed by atoms with van der Waals surface area (Å²) in [6.07, 6.45) is 1.70. The molecule has 1 aromatic heterocycles. The lowest BCUT2D eigenvalue weighted by atomic mass is 10.2. The number of hydrogen-bond donors (Lipinski definition) is 1. The number of para-hydroxylation sites is 1. The minimum atomic E-state index is -0.205. The molecule has 0 bridgehead atoms. The maximum atomic E-state index is 12.4. The van der Waals surface area contributed by atoms with Crippen LogP contribution in [0, 0.1) is 0 Å². The molecule has 6 nitrogen and oxygen atoms in total. The summed E-state index contributed by atoms with van der Waals surface area (Å²) in [6.45, 7) is 7.36. The number of amides is 1. The van der Waals surface area contributed by atoms with E-state index in [0.717, 1.165) is 38.5 Å². The summed E-state index contributed by atoms with van der Waals surface area (Å²) in [4.78, 5) is 21.6. The fraction of sp³-hybridized carbons (Fsp3) is 0.368. The zero-order valence-corrected chi connectivity index (χ0v) is 14.7. The Morgan fingerprint density at radius 1 is 1.16 bits per heavy atom. The van der Waals surface area contributed by atoms with Crippen molar-refractivity contribution < 1.29 is 9.53 Å². The van der Waals surface area contributed by atoms with E-state index in [9.17, 15) is 4.79 Å². The highest BCUT2D eigenvalue weighted by atomic mass is 16.5. The van der Waals surface area contributed by atoms with E-state index in [1.807, 2.05) is 24.3 Å². The molecule has 0 unspecified atom stereocenters. The first-order valence-corrected chi connectivity index (χ1v) is 8.59. The SMILES string of the molecule is CCN1CCN(c2ccc(NC(=O)c3ccccc3OC)cn2)CC1. The van der Waals surface area contributed by atoms with E-state index in [0.29, 0.717) is 17.0 Å². The number of benzene rings is 1. The Bertz CT molecular complexity index is 710. The van der Waals surface area contributed by atoms with Gasteiger partial charge >= 0.3 is 0 Å². The lowest BCUT2D eigenvalue weighted by molar-refractivity contribution is 0.102. The first-order valence-electron chi connectivity index (χ1n) is 8.59. The van der Waals surface area contributed by atoms with Gasteiger partial charge in [-0.15, -0.1) is 0 Å². The Labute approximate surface area is 148 Å². The fourth-order valence-electron chi connectivity index (χ4n) is 2.97. The number of carbonyl (C=O) groups excluding carboxylic acids is 1. The second-order valence-corrected chi connectivity index (χ2v) is 5.98. The first-order chi connectivity index (χ1) is 12.2. The topological polar surface area (TPSA) is 57.7 Å². The molecule has 2 heterocycles. The summed E-state index contributed by atoms with van der Waals surface area (Å²) >= 11 is 0. The third-order valence-corrected chi connectivity index (χ3v) is 4.50. The van der Waals surface area contributed by atoms with Gasteiger partial charge in [0, 0.05) is 26.2 Å². The van der Waals surface area contributed by atoms with Crippen molar-refractivity contribution >= 4 is 17.4 Å². The minimum Gasteiger partial charge on any atom is -0.496 e. The molecule has 1 aliphatic heterocycles. The summed E-state index contributed by atoms with van der Waals surface area (Å²) in [5.41, 5.74) is 1.18. The molecule has 1 fully saturated rings.